The number of benzene rings is 1. The van der Waals surface area contributed by atoms with Gasteiger partial charge in [-0.2, -0.15) is 0 Å². The minimum absolute atomic E-state index is 0.120. The molecule has 0 fully saturated rings. The summed E-state index contributed by atoms with van der Waals surface area (Å²) in [4.78, 5) is 2.16. The van der Waals surface area contributed by atoms with Gasteiger partial charge in [0.05, 0.1) is 0 Å². The van der Waals surface area contributed by atoms with Crippen LogP contribution in [0.5, 0.6) is 0 Å². The van der Waals surface area contributed by atoms with Gasteiger partial charge in [0.2, 0.25) is 0 Å². The van der Waals surface area contributed by atoms with Gasteiger partial charge in [0.25, 0.3) is 0 Å². The van der Waals surface area contributed by atoms with Crippen LogP contribution in [0.15, 0.2) is 22.7 Å². The molecule has 1 aromatic carbocycles. The number of nitrogen functional groups attached to an aromatic ring is 1. The van der Waals surface area contributed by atoms with Crippen LogP contribution in [0.3, 0.4) is 0 Å². The van der Waals surface area contributed by atoms with Crippen molar-refractivity contribution in [3.8, 4) is 0 Å². The number of unbranched alkanes of at least 4 members (excludes halogenated alkanes) is 2. The molecule has 0 saturated carbocycles. The first-order valence-electron chi connectivity index (χ1n) is 5.91. The van der Waals surface area contributed by atoms with Gasteiger partial charge in [-0.05, 0) is 24.6 Å². The van der Waals surface area contributed by atoms with Gasteiger partial charge >= 0.3 is 0 Å². The number of amidine groups is 1. The lowest BCUT2D eigenvalue weighted by Gasteiger charge is -2.22. The van der Waals surface area contributed by atoms with Crippen LogP contribution in [0.4, 0.5) is 5.69 Å². The molecule has 1 aromatic rings. The van der Waals surface area contributed by atoms with E-state index in [4.69, 9.17) is 11.1 Å². The van der Waals surface area contributed by atoms with Crippen molar-refractivity contribution < 1.29 is 0 Å². The number of hydrogen-bond donors (Lipinski definition) is 2. The molecule has 0 radical (unpaired) electrons. The summed E-state index contributed by atoms with van der Waals surface area (Å²) >= 11 is 3.46. The molecule has 0 unspecified atom stereocenters. The van der Waals surface area contributed by atoms with Crippen LogP contribution in [0, 0.1) is 5.41 Å². The number of anilines is 1. The van der Waals surface area contributed by atoms with E-state index in [9.17, 15) is 0 Å². The molecule has 0 bridgehead atoms. The van der Waals surface area contributed by atoms with Gasteiger partial charge < -0.3 is 10.6 Å². The van der Waals surface area contributed by atoms with E-state index >= 15 is 0 Å². The first kappa shape index (κ1) is 14.0. The molecule has 0 heterocycles. The smallest absolute Gasteiger partial charge is 0.124 e. The van der Waals surface area contributed by atoms with Crippen molar-refractivity contribution in [2.24, 2.45) is 5.73 Å². The molecule has 0 atom stereocenters. The quantitative estimate of drug-likeness (QED) is 0.480. The minimum Gasteiger partial charge on any atom is -0.384 e. The third-order valence-corrected chi connectivity index (χ3v) is 3.25. The second-order valence-electron chi connectivity index (χ2n) is 4.20. The fraction of sp³-hybridized carbons (Fsp3) is 0.462. The summed E-state index contributed by atoms with van der Waals surface area (Å²) in [5.74, 6) is 0.120. The van der Waals surface area contributed by atoms with Crippen LogP contribution in [0.2, 0.25) is 0 Å². The summed E-state index contributed by atoms with van der Waals surface area (Å²) < 4.78 is 1.01. The molecule has 0 spiro atoms. The number of halogens is 1. The van der Waals surface area contributed by atoms with Crippen molar-refractivity contribution in [1.82, 2.24) is 0 Å². The molecule has 94 valence electrons. The van der Waals surface area contributed by atoms with Crippen LogP contribution >= 0.6 is 15.9 Å². The van der Waals surface area contributed by atoms with Crippen LogP contribution in [0.1, 0.15) is 31.7 Å². The summed E-state index contributed by atoms with van der Waals surface area (Å²) in [6.45, 7) is 3.19. The predicted molar refractivity (Wildman–Crippen MR) is 78.0 cm³/mol. The van der Waals surface area contributed by atoms with Crippen molar-refractivity contribution in [1.29, 1.82) is 5.41 Å². The molecule has 0 saturated heterocycles. The van der Waals surface area contributed by atoms with Gasteiger partial charge in [-0.1, -0.05) is 35.7 Å². The number of nitrogens with zero attached hydrogens (tertiary/aromatic N) is 1. The molecule has 0 aliphatic heterocycles. The summed E-state index contributed by atoms with van der Waals surface area (Å²) in [6.07, 6.45) is 3.61. The number of nitrogens with one attached hydrogen (secondary N) is 1. The number of rotatable bonds is 6. The van der Waals surface area contributed by atoms with Crippen LogP contribution in [0.25, 0.3) is 0 Å². The lowest BCUT2D eigenvalue weighted by atomic mass is 10.1. The Hall–Kier alpha value is -1.03. The van der Waals surface area contributed by atoms with Crippen LogP contribution in [-0.2, 0) is 0 Å². The summed E-state index contributed by atoms with van der Waals surface area (Å²) in [6, 6.07) is 5.82. The van der Waals surface area contributed by atoms with Crippen LogP contribution in [-0.4, -0.2) is 19.4 Å². The molecule has 17 heavy (non-hydrogen) atoms. The number of nitrogens with two attached hydrogens (primary N) is 1. The zero-order chi connectivity index (χ0) is 12.8. The van der Waals surface area contributed by atoms with E-state index < -0.39 is 0 Å². The van der Waals surface area contributed by atoms with E-state index in [1.807, 2.05) is 25.2 Å². The lowest BCUT2D eigenvalue weighted by molar-refractivity contribution is 0.705. The Morgan fingerprint density at radius 3 is 2.71 bits per heavy atom. The molecule has 3 N–H and O–H groups in total. The highest BCUT2D eigenvalue weighted by atomic mass is 79.9. The molecular weight excluding hydrogens is 278 g/mol. The van der Waals surface area contributed by atoms with Gasteiger partial charge in [0.1, 0.15) is 5.84 Å². The summed E-state index contributed by atoms with van der Waals surface area (Å²) in [7, 11) is 2.05. The first-order valence-corrected chi connectivity index (χ1v) is 6.70. The number of hydrogen-bond acceptors (Lipinski definition) is 2. The molecule has 0 amide bonds. The van der Waals surface area contributed by atoms with Crippen molar-refractivity contribution in [3.63, 3.8) is 0 Å². The van der Waals surface area contributed by atoms with Crippen molar-refractivity contribution in [2.45, 2.75) is 26.2 Å². The van der Waals surface area contributed by atoms with E-state index in [0.717, 1.165) is 28.7 Å². The summed E-state index contributed by atoms with van der Waals surface area (Å²) in [5, 5.41) is 7.59. The Morgan fingerprint density at radius 2 is 2.12 bits per heavy atom. The normalized spacial score (nSPS) is 10.3. The highest BCUT2D eigenvalue weighted by Crippen LogP contribution is 2.24. The maximum absolute atomic E-state index is 7.59. The first-order chi connectivity index (χ1) is 8.06. The Morgan fingerprint density at radius 1 is 1.41 bits per heavy atom. The van der Waals surface area contributed by atoms with Gasteiger partial charge in [-0.3, -0.25) is 5.41 Å². The van der Waals surface area contributed by atoms with E-state index in [0.29, 0.717) is 0 Å². The second kappa shape index (κ2) is 6.64. The maximum atomic E-state index is 7.59. The molecule has 0 aromatic heterocycles. The van der Waals surface area contributed by atoms with Crippen molar-refractivity contribution in [3.05, 3.63) is 28.2 Å². The Bertz CT molecular complexity index is 390. The highest BCUT2D eigenvalue weighted by molar-refractivity contribution is 9.10. The van der Waals surface area contributed by atoms with E-state index in [1.165, 1.54) is 12.8 Å². The van der Waals surface area contributed by atoms with E-state index in [2.05, 4.69) is 27.8 Å². The zero-order valence-corrected chi connectivity index (χ0v) is 12.0. The zero-order valence-electron chi connectivity index (χ0n) is 10.5. The van der Waals surface area contributed by atoms with Crippen LogP contribution < -0.4 is 10.6 Å². The Kier molecular flexibility index (Phi) is 5.48. The molecule has 1 rings (SSSR count). The SMILES string of the molecule is CCCCCN(C)c1cc(Br)ccc1C(=N)N. The fourth-order valence-electron chi connectivity index (χ4n) is 1.77. The van der Waals surface area contributed by atoms with E-state index in [-0.39, 0.29) is 5.84 Å². The largest absolute Gasteiger partial charge is 0.384 e. The molecule has 3 nitrogen and oxygen atoms in total. The third-order valence-electron chi connectivity index (χ3n) is 2.76. The minimum atomic E-state index is 0.120. The average Bonchev–Trinajstić information content (AvgIpc) is 2.28. The standard InChI is InChI=1S/C13H20BrN3/c1-3-4-5-8-17(2)12-9-10(14)6-7-11(12)13(15)16/h6-7,9H,3-5,8H2,1-2H3,(H3,15,16). The third kappa shape index (κ3) is 4.04. The fourth-order valence-corrected chi connectivity index (χ4v) is 2.12. The van der Waals surface area contributed by atoms with Gasteiger partial charge in [0.15, 0.2) is 0 Å². The molecule has 4 heteroatoms. The predicted octanol–water partition coefficient (Wildman–Crippen LogP) is 3.36. The van der Waals surface area contributed by atoms with Crippen molar-refractivity contribution >= 4 is 27.5 Å². The second-order valence-corrected chi connectivity index (χ2v) is 5.12. The Labute approximate surface area is 112 Å². The maximum Gasteiger partial charge on any atom is 0.124 e. The van der Waals surface area contributed by atoms with Gasteiger partial charge in [-0.25, -0.2) is 0 Å². The Balaban J connectivity index is 2.86. The van der Waals surface area contributed by atoms with Gasteiger partial charge in [-0.15, -0.1) is 0 Å². The lowest BCUT2D eigenvalue weighted by Crippen LogP contribution is -2.23. The summed E-state index contributed by atoms with van der Waals surface area (Å²) in [5.41, 5.74) is 7.41. The highest BCUT2D eigenvalue weighted by Gasteiger charge is 2.10. The monoisotopic (exact) mass is 297 g/mol. The van der Waals surface area contributed by atoms with Gasteiger partial charge in [0, 0.05) is 29.3 Å². The topological polar surface area (TPSA) is 53.1 Å². The molecular formula is C13H20BrN3. The van der Waals surface area contributed by atoms with Crippen molar-refractivity contribution in [2.75, 3.05) is 18.5 Å². The average molecular weight is 298 g/mol. The molecule has 0 aliphatic rings. The molecule has 0 aliphatic carbocycles. The van der Waals surface area contributed by atoms with E-state index in [1.54, 1.807) is 0 Å².